The number of H-pyrrole nitrogens is 1. The zero-order valence-corrected chi connectivity index (χ0v) is 11.2. The van der Waals surface area contributed by atoms with E-state index < -0.39 is 9.84 Å². The lowest BCUT2D eigenvalue weighted by Gasteiger charge is -2.17. The maximum atomic E-state index is 12.1. The first-order chi connectivity index (χ1) is 9.08. The minimum Gasteiger partial charge on any atom is -0.300 e. The van der Waals surface area contributed by atoms with Gasteiger partial charge in [0, 0.05) is 6.04 Å². The van der Waals surface area contributed by atoms with E-state index in [0.717, 1.165) is 5.56 Å². The van der Waals surface area contributed by atoms with Crippen LogP contribution in [0.15, 0.2) is 35.5 Å². The van der Waals surface area contributed by atoms with Crippen molar-refractivity contribution < 1.29 is 8.42 Å². The Bertz CT molecular complexity index is 682. The van der Waals surface area contributed by atoms with Gasteiger partial charge in [0.1, 0.15) is 12.2 Å². The second kappa shape index (κ2) is 4.43. The van der Waals surface area contributed by atoms with E-state index in [0.29, 0.717) is 10.7 Å². The van der Waals surface area contributed by atoms with E-state index in [2.05, 4.69) is 20.5 Å². The monoisotopic (exact) mass is 278 g/mol. The van der Waals surface area contributed by atoms with E-state index in [4.69, 9.17) is 0 Å². The second-order valence-electron chi connectivity index (χ2n) is 4.63. The van der Waals surface area contributed by atoms with Gasteiger partial charge in [-0.05, 0) is 18.6 Å². The second-order valence-corrected chi connectivity index (χ2v) is 6.63. The summed E-state index contributed by atoms with van der Waals surface area (Å²) in [6.45, 7) is 1.92. The lowest BCUT2D eigenvalue weighted by molar-refractivity contribution is 0.480. The van der Waals surface area contributed by atoms with Crippen molar-refractivity contribution in [2.24, 2.45) is 0 Å². The van der Waals surface area contributed by atoms with Gasteiger partial charge in [0.25, 0.3) is 0 Å². The summed E-state index contributed by atoms with van der Waals surface area (Å²) >= 11 is 0. The van der Waals surface area contributed by atoms with Crippen LogP contribution in [0.3, 0.4) is 0 Å². The Kier molecular flexibility index (Phi) is 2.87. The SMILES string of the molecule is CC(NC1CS(=O)(=O)c2ccccc21)c1ncn[nH]1. The molecule has 6 nitrogen and oxygen atoms in total. The lowest BCUT2D eigenvalue weighted by atomic mass is 10.1. The summed E-state index contributed by atoms with van der Waals surface area (Å²) in [4.78, 5) is 4.50. The van der Waals surface area contributed by atoms with Gasteiger partial charge >= 0.3 is 0 Å². The van der Waals surface area contributed by atoms with E-state index in [1.807, 2.05) is 19.1 Å². The fourth-order valence-corrected chi connectivity index (χ4v) is 4.14. The molecule has 100 valence electrons. The molecule has 1 aromatic heterocycles. The van der Waals surface area contributed by atoms with Crippen LogP contribution in [0.25, 0.3) is 0 Å². The minimum atomic E-state index is -3.18. The molecular weight excluding hydrogens is 264 g/mol. The van der Waals surface area contributed by atoms with Crippen LogP contribution in [0, 0.1) is 0 Å². The summed E-state index contributed by atoms with van der Waals surface area (Å²) in [6, 6.07) is 6.82. The predicted octanol–water partition coefficient (Wildman–Crippen LogP) is 0.984. The van der Waals surface area contributed by atoms with Gasteiger partial charge in [-0.1, -0.05) is 18.2 Å². The average molecular weight is 278 g/mol. The molecule has 7 heteroatoms. The number of fused-ring (bicyclic) bond motifs is 1. The van der Waals surface area contributed by atoms with Gasteiger partial charge in [-0.3, -0.25) is 10.4 Å². The zero-order chi connectivity index (χ0) is 13.5. The normalized spacial score (nSPS) is 22.1. The zero-order valence-electron chi connectivity index (χ0n) is 10.4. The number of nitrogens with zero attached hydrogens (tertiary/aromatic N) is 2. The maximum absolute atomic E-state index is 12.1. The summed E-state index contributed by atoms with van der Waals surface area (Å²) in [5.41, 5.74) is 0.828. The first-order valence-electron chi connectivity index (χ1n) is 6.01. The molecule has 0 spiro atoms. The molecule has 19 heavy (non-hydrogen) atoms. The molecule has 0 aliphatic carbocycles. The van der Waals surface area contributed by atoms with Crippen LogP contribution in [0.5, 0.6) is 0 Å². The van der Waals surface area contributed by atoms with E-state index in [1.165, 1.54) is 6.33 Å². The fourth-order valence-electron chi connectivity index (χ4n) is 2.39. The van der Waals surface area contributed by atoms with Crippen LogP contribution < -0.4 is 5.32 Å². The van der Waals surface area contributed by atoms with Crippen molar-refractivity contribution in [1.29, 1.82) is 0 Å². The number of hydrogen-bond acceptors (Lipinski definition) is 5. The van der Waals surface area contributed by atoms with Crippen molar-refractivity contribution in [1.82, 2.24) is 20.5 Å². The highest BCUT2D eigenvalue weighted by atomic mass is 32.2. The smallest absolute Gasteiger partial charge is 0.180 e. The molecule has 0 saturated carbocycles. The molecule has 2 unspecified atom stereocenters. The van der Waals surface area contributed by atoms with Crippen LogP contribution >= 0.6 is 0 Å². The Morgan fingerprint density at radius 2 is 2.21 bits per heavy atom. The molecule has 0 radical (unpaired) electrons. The summed E-state index contributed by atoms with van der Waals surface area (Å²) in [6.07, 6.45) is 1.44. The van der Waals surface area contributed by atoms with Crippen molar-refractivity contribution in [2.75, 3.05) is 5.75 Å². The molecule has 2 aromatic rings. The van der Waals surface area contributed by atoms with Gasteiger partial charge in [0.05, 0.1) is 16.7 Å². The standard InChI is InChI=1S/C12H14N4O2S/c1-8(12-13-7-14-16-12)15-10-6-19(17,18)11-5-3-2-4-9(10)11/h2-5,7-8,10,15H,6H2,1H3,(H,13,14,16). The third-order valence-electron chi connectivity index (χ3n) is 3.31. The molecule has 3 rings (SSSR count). The third-order valence-corrected chi connectivity index (χ3v) is 5.12. The number of hydrogen-bond donors (Lipinski definition) is 2. The van der Waals surface area contributed by atoms with Crippen molar-refractivity contribution >= 4 is 9.84 Å². The largest absolute Gasteiger partial charge is 0.300 e. The summed E-state index contributed by atoms with van der Waals surface area (Å²) < 4.78 is 24.1. The number of nitrogens with one attached hydrogen (secondary N) is 2. The number of benzene rings is 1. The summed E-state index contributed by atoms with van der Waals surface area (Å²) in [7, 11) is -3.18. The molecule has 0 bridgehead atoms. The molecule has 0 fully saturated rings. The molecular formula is C12H14N4O2S. The van der Waals surface area contributed by atoms with Crippen LogP contribution in [-0.2, 0) is 9.84 Å². The highest BCUT2D eigenvalue weighted by Crippen LogP contribution is 2.34. The molecule has 1 aliphatic rings. The third kappa shape index (κ3) is 2.15. The molecule has 1 aliphatic heterocycles. The Hall–Kier alpha value is -1.73. The van der Waals surface area contributed by atoms with Crippen molar-refractivity contribution in [3.05, 3.63) is 42.0 Å². The lowest BCUT2D eigenvalue weighted by Crippen LogP contribution is -2.26. The number of aromatic nitrogens is 3. The first kappa shape index (κ1) is 12.3. The predicted molar refractivity (Wildman–Crippen MR) is 69.2 cm³/mol. The van der Waals surface area contributed by atoms with Crippen LogP contribution in [0.2, 0.25) is 0 Å². The molecule has 0 saturated heterocycles. The molecule has 2 atom stereocenters. The van der Waals surface area contributed by atoms with Crippen LogP contribution in [-0.4, -0.2) is 29.4 Å². The fraction of sp³-hybridized carbons (Fsp3) is 0.333. The Labute approximate surface area is 111 Å². The number of aromatic amines is 1. The van der Waals surface area contributed by atoms with Gasteiger partial charge in [0.15, 0.2) is 9.84 Å². The van der Waals surface area contributed by atoms with Crippen molar-refractivity contribution in [2.45, 2.75) is 23.9 Å². The quantitative estimate of drug-likeness (QED) is 0.874. The number of sulfone groups is 1. The van der Waals surface area contributed by atoms with Gasteiger partial charge in [-0.25, -0.2) is 13.4 Å². The molecule has 1 aromatic carbocycles. The van der Waals surface area contributed by atoms with Gasteiger partial charge in [0.2, 0.25) is 0 Å². The van der Waals surface area contributed by atoms with E-state index in [9.17, 15) is 8.42 Å². The van der Waals surface area contributed by atoms with Gasteiger partial charge in [-0.15, -0.1) is 0 Å². The Balaban J connectivity index is 1.88. The minimum absolute atomic E-state index is 0.0881. The summed E-state index contributed by atoms with van der Waals surface area (Å²) in [5.74, 6) is 0.784. The summed E-state index contributed by atoms with van der Waals surface area (Å²) in [5, 5.41) is 9.86. The van der Waals surface area contributed by atoms with Crippen LogP contribution in [0.1, 0.15) is 30.4 Å². The van der Waals surface area contributed by atoms with E-state index in [-0.39, 0.29) is 17.8 Å². The maximum Gasteiger partial charge on any atom is 0.180 e. The van der Waals surface area contributed by atoms with E-state index >= 15 is 0 Å². The number of rotatable bonds is 3. The topological polar surface area (TPSA) is 87.7 Å². The highest BCUT2D eigenvalue weighted by Gasteiger charge is 2.35. The van der Waals surface area contributed by atoms with E-state index in [1.54, 1.807) is 12.1 Å². The first-order valence-corrected chi connectivity index (χ1v) is 7.66. The van der Waals surface area contributed by atoms with Gasteiger partial charge in [-0.2, -0.15) is 5.10 Å². The molecule has 2 heterocycles. The molecule has 0 amide bonds. The van der Waals surface area contributed by atoms with Crippen molar-refractivity contribution in [3.63, 3.8) is 0 Å². The highest BCUT2D eigenvalue weighted by molar-refractivity contribution is 7.91. The van der Waals surface area contributed by atoms with Crippen LogP contribution in [0.4, 0.5) is 0 Å². The van der Waals surface area contributed by atoms with Gasteiger partial charge < -0.3 is 0 Å². The average Bonchev–Trinajstić information content (AvgIpc) is 2.98. The molecule has 2 N–H and O–H groups in total. The van der Waals surface area contributed by atoms with Crippen molar-refractivity contribution in [3.8, 4) is 0 Å². The Morgan fingerprint density at radius 1 is 1.42 bits per heavy atom. The Morgan fingerprint density at radius 3 is 2.95 bits per heavy atom.